The van der Waals surface area contributed by atoms with E-state index in [1.807, 2.05) is 0 Å². The van der Waals surface area contributed by atoms with Crippen molar-refractivity contribution in [1.29, 1.82) is 0 Å². The highest BCUT2D eigenvalue weighted by Crippen LogP contribution is 2.49. The molecule has 0 bridgehead atoms. The van der Waals surface area contributed by atoms with Crippen LogP contribution in [0.3, 0.4) is 0 Å². The molecule has 0 radical (unpaired) electrons. The lowest BCUT2D eigenvalue weighted by Gasteiger charge is -2.21. The van der Waals surface area contributed by atoms with Gasteiger partial charge >= 0.3 is 6.18 Å². The van der Waals surface area contributed by atoms with Crippen LogP contribution in [-0.2, 0) is 21.1 Å². The van der Waals surface area contributed by atoms with Crippen molar-refractivity contribution in [3.05, 3.63) is 23.3 Å². The molecule has 0 atom stereocenters. The van der Waals surface area contributed by atoms with E-state index < -0.39 is 23.1 Å². The minimum Gasteiger partial charge on any atom is -0.383 e. The van der Waals surface area contributed by atoms with Crippen LogP contribution in [-0.4, -0.2) is 31.3 Å². The van der Waals surface area contributed by atoms with Crippen molar-refractivity contribution in [3.8, 4) is 0 Å². The molecule has 1 aliphatic heterocycles. The van der Waals surface area contributed by atoms with Gasteiger partial charge in [-0.05, 0) is 38.2 Å². The quantitative estimate of drug-likeness (QED) is 0.618. The maximum Gasteiger partial charge on any atom is 0.416 e. The first kappa shape index (κ1) is 17.6. The molecule has 0 fully saturated rings. The average Bonchev–Trinajstić information content (AvgIpc) is 2.63. The third kappa shape index (κ3) is 3.02. The summed E-state index contributed by atoms with van der Waals surface area (Å²) >= 11 is 4.47. The minimum atomic E-state index is -4.61. The van der Waals surface area contributed by atoms with Crippen LogP contribution in [0.15, 0.2) is 17.1 Å². The monoisotopic (exact) mass is 344 g/mol. The first-order valence-corrected chi connectivity index (χ1v) is 7.20. The number of methoxy groups -OCH3 is 1. The molecule has 0 aromatic heterocycles. The molecule has 1 heterocycles. The van der Waals surface area contributed by atoms with Crippen molar-refractivity contribution in [1.82, 2.24) is 0 Å². The number of alkyl halides is 3. The Labute approximate surface area is 136 Å². The van der Waals surface area contributed by atoms with Crippen LogP contribution >= 0.6 is 12.2 Å². The summed E-state index contributed by atoms with van der Waals surface area (Å²) in [4.78, 5) is 17.5. The molecule has 4 nitrogen and oxygen atoms in total. The molecule has 8 heteroatoms. The minimum absolute atomic E-state index is 0.0130. The number of carbonyl (C=O) groups is 1. The molecular formula is C15H15F3N2O2S. The molecule has 0 N–H and O–H groups in total. The summed E-state index contributed by atoms with van der Waals surface area (Å²) in [5.41, 5.74) is -2.00. The van der Waals surface area contributed by atoms with Crippen LogP contribution in [0.4, 0.5) is 24.5 Å². The standard InChI is InChI=1S/C15H15F3N2O2S/c1-14(2)12-10(15(16,17)18)6-9(19-8-23)7-11(12)20(13(14)21)4-5-22-3/h6-7H,4-5H2,1-3H3. The van der Waals surface area contributed by atoms with Gasteiger partial charge in [0.1, 0.15) is 0 Å². The van der Waals surface area contributed by atoms with Crippen molar-refractivity contribution < 1.29 is 22.7 Å². The number of halogens is 3. The lowest BCUT2D eigenvalue weighted by atomic mass is 9.82. The van der Waals surface area contributed by atoms with Gasteiger partial charge in [0.15, 0.2) is 0 Å². The number of hydrogen-bond acceptors (Lipinski definition) is 4. The zero-order valence-electron chi connectivity index (χ0n) is 12.8. The van der Waals surface area contributed by atoms with Crippen LogP contribution in [0, 0.1) is 0 Å². The fraction of sp³-hybridized carbons (Fsp3) is 0.467. The summed E-state index contributed by atoms with van der Waals surface area (Å²) in [6.45, 7) is 3.34. The molecule has 0 saturated heterocycles. The molecule has 1 amide bonds. The zero-order chi connectivity index (χ0) is 17.4. The second-order valence-corrected chi connectivity index (χ2v) is 5.85. The van der Waals surface area contributed by atoms with Gasteiger partial charge in [-0.15, -0.1) is 0 Å². The zero-order valence-corrected chi connectivity index (χ0v) is 13.6. The molecule has 1 aliphatic rings. The number of hydrogen-bond donors (Lipinski definition) is 0. The highest BCUT2D eigenvalue weighted by molar-refractivity contribution is 7.78. The molecule has 23 heavy (non-hydrogen) atoms. The van der Waals surface area contributed by atoms with E-state index in [4.69, 9.17) is 4.74 Å². The van der Waals surface area contributed by atoms with Gasteiger partial charge in [0.2, 0.25) is 5.91 Å². The van der Waals surface area contributed by atoms with Crippen molar-refractivity contribution in [2.75, 3.05) is 25.2 Å². The van der Waals surface area contributed by atoms with Gasteiger partial charge in [-0.25, -0.2) is 0 Å². The number of amides is 1. The van der Waals surface area contributed by atoms with E-state index >= 15 is 0 Å². The van der Waals surface area contributed by atoms with Gasteiger partial charge in [0.25, 0.3) is 0 Å². The smallest absolute Gasteiger partial charge is 0.383 e. The topological polar surface area (TPSA) is 41.9 Å². The third-order valence-electron chi connectivity index (χ3n) is 3.80. The molecule has 0 unspecified atom stereocenters. The number of aliphatic imine (C=N–C) groups is 1. The lowest BCUT2D eigenvalue weighted by Crippen LogP contribution is -2.38. The number of isothiocyanates is 1. The molecule has 1 aromatic carbocycles. The normalized spacial score (nSPS) is 16.3. The van der Waals surface area contributed by atoms with E-state index in [0.29, 0.717) is 0 Å². The molecule has 0 spiro atoms. The van der Waals surface area contributed by atoms with Crippen molar-refractivity contribution in [3.63, 3.8) is 0 Å². The van der Waals surface area contributed by atoms with Crippen LogP contribution in [0.25, 0.3) is 0 Å². The number of carbonyl (C=O) groups excluding carboxylic acids is 1. The molecule has 1 aromatic rings. The highest BCUT2D eigenvalue weighted by atomic mass is 32.1. The van der Waals surface area contributed by atoms with E-state index in [1.165, 1.54) is 31.9 Å². The summed E-state index contributed by atoms with van der Waals surface area (Å²) < 4.78 is 45.4. The van der Waals surface area contributed by atoms with Gasteiger partial charge < -0.3 is 9.64 Å². The molecule has 2 rings (SSSR count). The first-order valence-electron chi connectivity index (χ1n) is 6.79. The molecule has 0 saturated carbocycles. The largest absolute Gasteiger partial charge is 0.416 e. The molecular weight excluding hydrogens is 329 g/mol. The van der Waals surface area contributed by atoms with E-state index in [2.05, 4.69) is 22.4 Å². The number of anilines is 1. The van der Waals surface area contributed by atoms with E-state index in [-0.39, 0.29) is 30.1 Å². The Morgan fingerprint density at radius 3 is 2.57 bits per heavy atom. The third-order valence-corrected chi connectivity index (χ3v) is 3.89. The molecule has 0 aliphatic carbocycles. The summed E-state index contributed by atoms with van der Waals surface area (Å²) in [7, 11) is 1.46. The lowest BCUT2D eigenvalue weighted by molar-refractivity contribution is -0.138. The Kier molecular flexibility index (Phi) is 4.61. The number of benzene rings is 1. The van der Waals surface area contributed by atoms with Gasteiger partial charge in [-0.1, -0.05) is 0 Å². The van der Waals surface area contributed by atoms with Gasteiger partial charge in [-0.3, -0.25) is 4.79 Å². The van der Waals surface area contributed by atoms with Crippen LogP contribution in [0.2, 0.25) is 0 Å². The SMILES string of the molecule is COCCN1C(=O)C(C)(C)c2c1cc(N=C=S)cc2C(F)(F)F. The fourth-order valence-electron chi connectivity index (χ4n) is 2.78. The number of nitrogens with zero attached hydrogens (tertiary/aromatic N) is 2. The summed E-state index contributed by atoms with van der Waals surface area (Å²) in [6.07, 6.45) is -4.61. The van der Waals surface area contributed by atoms with E-state index in [9.17, 15) is 18.0 Å². The second-order valence-electron chi connectivity index (χ2n) is 5.66. The summed E-state index contributed by atoms with van der Waals surface area (Å²) in [5, 5.41) is 2.06. The maximum atomic E-state index is 13.5. The van der Waals surface area contributed by atoms with Crippen molar-refractivity contribution in [2.24, 2.45) is 4.99 Å². The number of fused-ring (bicyclic) bond motifs is 1. The fourth-order valence-corrected chi connectivity index (χ4v) is 2.89. The van der Waals surface area contributed by atoms with Crippen LogP contribution in [0.5, 0.6) is 0 Å². The Morgan fingerprint density at radius 1 is 1.39 bits per heavy atom. The van der Waals surface area contributed by atoms with Crippen LogP contribution < -0.4 is 4.90 Å². The Balaban J connectivity index is 2.75. The van der Waals surface area contributed by atoms with Crippen molar-refractivity contribution in [2.45, 2.75) is 25.4 Å². The van der Waals surface area contributed by atoms with Gasteiger partial charge in [0.05, 0.1) is 34.1 Å². The Hall–Kier alpha value is -1.76. The summed E-state index contributed by atoms with van der Waals surface area (Å²) in [5.74, 6) is -0.404. The highest BCUT2D eigenvalue weighted by Gasteiger charge is 2.50. The maximum absolute atomic E-state index is 13.5. The number of thiocarbonyl (C=S) groups is 1. The number of ether oxygens (including phenoxy) is 1. The van der Waals surface area contributed by atoms with E-state index in [0.717, 1.165) is 6.07 Å². The Bertz CT molecular complexity index is 695. The van der Waals surface area contributed by atoms with Crippen LogP contribution in [0.1, 0.15) is 25.0 Å². The van der Waals surface area contributed by atoms with Gasteiger partial charge in [0, 0.05) is 19.2 Å². The number of rotatable bonds is 4. The average molecular weight is 344 g/mol. The predicted molar refractivity (Wildman–Crippen MR) is 83.4 cm³/mol. The van der Waals surface area contributed by atoms with Crippen molar-refractivity contribution >= 4 is 34.7 Å². The van der Waals surface area contributed by atoms with E-state index in [1.54, 1.807) is 0 Å². The second kappa shape index (κ2) is 6.03. The Morgan fingerprint density at radius 2 is 2.04 bits per heavy atom. The van der Waals surface area contributed by atoms with Gasteiger partial charge in [-0.2, -0.15) is 18.2 Å². The summed E-state index contributed by atoms with van der Waals surface area (Å²) in [6, 6.07) is 2.32. The predicted octanol–water partition coefficient (Wildman–Crippen LogP) is 3.71. The molecule has 124 valence electrons. The first-order chi connectivity index (χ1) is 10.6.